The number of unbranched alkanes of at least 4 members (excludes halogenated alkanes) is 28. The first-order valence-electron chi connectivity index (χ1n) is 22.4. The molecule has 1 amide bonds. The molecule has 0 aliphatic heterocycles. The number of phosphoric ester groups is 1. The summed E-state index contributed by atoms with van der Waals surface area (Å²) in [6.07, 6.45) is 40.0. The van der Waals surface area contributed by atoms with Crippen molar-refractivity contribution in [3.05, 3.63) is 12.2 Å². The average molecular weight is 775 g/mol. The number of allylic oxidation sites excluding steroid dienone is 1. The van der Waals surface area contributed by atoms with Gasteiger partial charge in [0.1, 0.15) is 0 Å². The van der Waals surface area contributed by atoms with Crippen LogP contribution in [-0.4, -0.2) is 59.0 Å². The van der Waals surface area contributed by atoms with Crippen LogP contribution in [0.3, 0.4) is 0 Å². The van der Waals surface area contributed by atoms with E-state index in [0.29, 0.717) is 6.42 Å². The van der Waals surface area contributed by atoms with Crippen molar-refractivity contribution in [2.45, 2.75) is 238 Å². The summed E-state index contributed by atoms with van der Waals surface area (Å²) in [5, 5.41) is 24.1. The van der Waals surface area contributed by atoms with E-state index in [-0.39, 0.29) is 19.6 Å². The molecule has 6 N–H and O–H groups in total. The van der Waals surface area contributed by atoms with Gasteiger partial charge in [-0.1, -0.05) is 206 Å². The largest absolute Gasteiger partial charge is 0.472 e. The lowest BCUT2D eigenvalue weighted by Gasteiger charge is -2.24. The fourth-order valence-corrected chi connectivity index (χ4v) is 7.52. The van der Waals surface area contributed by atoms with Gasteiger partial charge in [-0.2, -0.15) is 0 Å². The molecule has 0 fully saturated rings. The van der Waals surface area contributed by atoms with E-state index in [0.717, 1.165) is 38.5 Å². The molecular weight excluding hydrogens is 687 g/mol. The van der Waals surface area contributed by atoms with E-state index in [1.54, 1.807) is 6.08 Å². The van der Waals surface area contributed by atoms with Crippen LogP contribution in [0.5, 0.6) is 0 Å². The molecule has 316 valence electrons. The van der Waals surface area contributed by atoms with Crippen molar-refractivity contribution in [1.82, 2.24) is 5.32 Å². The lowest BCUT2D eigenvalue weighted by molar-refractivity contribution is -0.124. The molecule has 0 spiro atoms. The van der Waals surface area contributed by atoms with Crippen molar-refractivity contribution in [3.8, 4) is 0 Å². The first kappa shape index (κ1) is 52.2. The van der Waals surface area contributed by atoms with Crippen LogP contribution >= 0.6 is 7.82 Å². The molecule has 0 rings (SSSR count). The molecule has 0 saturated carbocycles. The molecule has 53 heavy (non-hydrogen) atoms. The normalized spacial score (nSPS) is 14.8. The van der Waals surface area contributed by atoms with Crippen LogP contribution in [0.2, 0.25) is 0 Å². The van der Waals surface area contributed by atoms with Crippen LogP contribution in [-0.2, 0) is 18.4 Å². The third-order valence-electron chi connectivity index (χ3n) is 10.2. The highest BCUT2D eigenvalue weighted by atomic mass is 31.2. The summed E-state index contributed by atoms with van der Waals surface area (Å²) in [6.45, 7) is 3.99. The van der Waals surface area contributed by atoms with Gasteiger partial charge >= 0.3 is 7.82 Å². The number of nitrogens with one attached hydrogen (secondary N) is 1. The van der Waals surface area contributed by atoms with Crippen molar-refractivity contribution < 1.29 is 33.5 Å². The number of carbonyl (C=O) groups excluding carboxylic acids is 1. The molecule has 0 aromatic carbocycles. The fraction of sp³-hybridized carbons (Fsp3) is 0.930. The van der Waals surface area contributed by atoms with Crippen molar-refractivity contribution >= 4 is 13.7 Å². The van der Waals surface area contributed by atoms with Crippen LogP contribution in [0.25, 0.3) is 0 Å². The van der Waals surface area contributed by atoms with Crippen LogP contribution in [0, 0.1) is 0 Å². The van der Waals surface area contributed by atoms with Crippen molar-refractivity contribution in [2.75, 3.05) is 19.8 Å². The monoisotopic (exact) mass is 775 g/mol. The molecule has 0 bridgehead atoms. The number of hydrogen-bond donors (Lipinski definition) is 5. The molecule has 0 aliphatic rings. The fourth-order valence-electron chi connectivity index (χ4n) is 6.77. The summed E-state index contributed by atoms with van der Waals surface area (Å²) < 4.78 is 22.1. The van der Waals surface area contributed by atoms with Gasteiger partial charge in [-0.15, -0.1) is 0 Å². The van der Waals surface area contributed by atoms with Crippen LogP contribution < -0.4 is 11.1 Å². The summed E-state index contributed by atoms with van der Waals surface area (Å²) in [5.41, 5.74) is 5.36. The number of amides is 1. The number of nitrogens with two attached hydrogens (primary N) is 1. The molecule has 0 aliphatic carbocycles. The molecule has 0 aromatic heterocycles. The Morgan fingerprint density at radius 1 is 0.642 bits per heavy atom. The number of hydrogen-bond acceptors (Lipinski definition) is 7. The van der Waals surface area contributed by atoms with Gasteiger partial charge in [0.15, 0.2) is 0 Å². The third-order valence-corrected chi connectivity index (χ3v) is 11.2. The Kier molecular flexibility index (Phi) is 38.8. The lowest BCUT2D eigenvalue weighted by atomic mass is 10.0. The zero-order valence-corrected chi connectivity index (χ0v) is 35.5. The van der Waals surface area contributed by atoms with Crippen molar-refractivity contribution in [2.24, 2.45) is 5.73 Å². The Balaban J connectivity index is 4.30. The summed E-state index contributed by atoms with van der Waals surface area (Å²) >= 11 is 0. The Labute approximate surface area is 327 Å². The number of rotatable bonds is 42. The van der Waals surface area contributed by atoms with E-state index in [2.05, 4.69) is 19.2 Å². The number of phosphoric acid groups is 1. The van der Waals surface area contributed by atoms with Gasteiger partial charge in [-0.25, -0.2) is 4.57 Å². The molecule has 0 saturated heterocycles. The summed E-state index contributed by atoms with van der Waals surface area (Å²) in [7, 11) is -4.39. The molecule has 10 heteroatoms. The first-order chi connectivity index (χ1) is 25.8. The smallest absolute Gasteiger partial charge is 0.393 e. The minimum absolute atomic E-state index is 0.0515. The van der Waals surface area contributed by atoms with E-state index in [4.69, 9.17) is 14.8 Å². The predicted molar refractivity (Wildman–Crippen MR) is 223 cm³/mol. The Morgan fingerprint density at radius 3 is 1.45 bits per heavy atom. The van der Waals surface area contributed by atoms with Gasteiger partial charge in [0.2, 0.25) is 5.91 Å². The minimum atomic E-state index is -4.39. The van der Waals surface area contributed by atoms with E-state index in [1.807, 2.05) is 6.08 Å². The Hall–Kier alpha value is -0.800. The third kappa shape index (κ3) is 37.9. The van der Waals surface area contributed by atoms with E-state index in [1.165, 1.54) is 154 Å². The maximum Gasteiger partial charge on any atom is 0.472 e. The second-order valence-corrected chi connectivity index (χ2v) is 16.9. The van der Waals surface area contributed by atoms with E-state index < -0.39 is 38.6 Å². The van der Waals surface area contributed by atoms with Crippen LogP contribution in [0.4, 0.5) is 0 Å². The SMILES string of the molecule is CCCCCCCCCCCCCCCCC/C=C/C(O)C(COP(=O)(O)OCCN)NC(=O)CC(O)CCCCCCCCCCCCCCCC. The zero-order valence-electron chi connectivity index (χ0n) is 34.6. The summed E-state index contributed by atoms with van der Waals surface area (Å²) in [6, 6.07) is -0.977. The van der Waals surface area contributed by atoms with Gasteiger partial charge in [0.05, 0.1) is 37.9 Å². The standard InChI is InChI=1S/C43H87N2O7P/c1-3-5-7-9-11-13-15-17-19-20-21-23-25-27-29-31-33-35-42(47)41(39-52-53(49,50)51-37-36-44)45-43(48)38-40(46)34-32-30-28-26-24-22-18-16-14-12-10-8-6-4-2/h33,35,40-42,46-47H,3-32,34,36-39,44H2,1-2H3,(H,45,48)(H,49,50)/b35-33+. The van der Waals surface area contributed by atoms with Crippen LogP contribution in [0.1, 0.15) is 219 Å². The maximum atomic E-state index is 12.8. The van der Waals surface area contributed by atoms with Gasteiger partial charge in [-0.05, 0) is 19.3 Å². The minimum Gasteiger partial charge on any atom is -0.393 e. The molecule has 9 nitrogen and oxygen atoms in total. The second-order valence-electron chi connectivity index (χ2n) is 15.5. The average Bonchev–Trinajstić information content (AvgIpc) is 3.13. The number of aliphatic hydroxyl groups is 2. The quantitative estimate of drug-likeness (QED) is 0.0233. The zero-order chi connectivity index (χ0) is 39.1. The molecule has 0 heterocycles. The summed E-state index contributed by atoms with van der Waals surface area (Å²) in [4.78, 5) is 22.8. The molecule has 4 unspecified atom stereocenters. The molecule has 4 atom stereocenters. The molecule has 0 aromatic rings. The van der Waals surface area contributed by atoms with Crippen molar-refractivity contribution in [3.63, 3.8) is 0 Å². The van der Waals surface area contributed by atoms with Gasteiger partial charge < -0.3 is 26.2 Å². The second kappa shape index (κ2) is 39.4. The molecule has 0 radical (unpaired) electrons. The van der Waals surface area contributed by atoms with Gasteiger partial charge in [0, 0.05) is 6.54 Å². The highest BCUT2D eigenvalue weighted by Crippen LogP contribution is 2.43. The molecular formula is C43H87N2O7P. The van der Waals surface area contributed by atoms with Gasteiger partial charge in [0.25, 0.3) is 0 Å². The topological polar surface area (TPSA) is 151 Å². The Morgan fingerprint density at radius 2 is 1.04 bits per heavy atom. The Bertz CT molecular complexity index is 862. The number of aliphatic hydroxyl groups excluding tert-OH is 2. The lowest BCUT2D eigenvalue weighted by Crippen LogP contribution is -2.46. The summed E-state index contributed by atoms with van der Waals surface area (Å²) in [5.74, 6) is -0.443. The van der Waals surface area contributed by atoms with E-state index in [9.17, 15) is 24.5 Å². The highest BCUT2D eigenvalue weighted by Gasteiger charge is 2.27. The number of carbonyl (C=O) groups is 1. The van der Waals surface area contributed by atoms with Gasteiger partial charge in [-0.3, -0.25) is 13.8 Å². The van der Waals surface area contributed by atoms with Crippen LogP contribution in [0.15, 0.2) is 12.2 Å². The predicted octanol–water partition coefficient (Wildman–Crippen LogP) is 11.4. The highest BCUT2D eigenvalue weighted by molar-refractivity contribution is 7.47. The van der Waals surface area contributed by atoms with Crippen molar-refractivity contribution in [1.29, 1.82) is 0 Å². The first-order valence-corrected chi connectivity index (χ1v) is 23.9. The maximum absolute atomic E-state index is 12.8. The van der Waals surface area contributed by atoms with E-state index >= 15 is 0 Å².